The van der Waals surface area contributed by atoms with Crippen molar-refractivity contribution in [3.63, 3.8) is 0 Å². The third kappa shape index (κ3) is 6.23. The summed E-state index contributed by atoms with van der Waals surface area (Å²) in [7, 11) is 3.82. The first-order chi connectivity index (χ1) is 13.7. The molecule has 2 fully saturated rings. The summed E-state index contributed by atoms with van der Waals surface area (Å²) in [5.74, 6) is 1.80. The predicted octanol–water partition coefficient (Wildman–Crippen LogP) is 2.75. The number of carbonyl (C=O) groups excluding carboxylic acids is 1. The van der Waals surface area contributed by atoms with Crippen LogP contribution < -0.4 is 5.32 Å². The Bertz CT molecular complexity index is 649. The number of likely N-dealkylation sites (tertiary alicyclic amines) is 1. The van der Waals surface area contributed by atoms with Gasteiger partial charge in [0.15, 0.2) is 5.96 Å². The molecular formula is C22H34N4O2. The highest BCUT2D eigenvalue weighted by molar-refractivity contribution is 5.94. The minimum Gasteiger partial charge on any atom is -0.379 e. The molecule has 1 aliphatic heterocycles. The van der Waals surface area contributed by atoms with Crippen LogP contribution in [0, 0.1) is 5.92 Å². The van der Waals surface area contributed by atoms with Gasteiger partial charge in [0.1, 0.15) is 0 Å². The van der Waals surface area contributed by atoms with Crippen LogP contribution in [-0.4, -0.2) is 68.6 Å². The third-order valence-corrected chi connectivity index (χ3v) is 5.49. The molecule has 0 bridgehead atoms. The predicted molar refractivity (Wildman–Crippen MR) is 113 cm³/mol. The van der Waals surface area contributed by atoms with Gasteiger partial charge in [-0.05, 0) is 55.7 Å². The minimum atomic E-state index is 0.154. The Hall–Kier alpha value is -2.08. The average Bonchev–Trinajstić information content (AvgIpc) is 3.57. The van der Waals surface area contributed by atoms with E-state index >= 15 is 0 Å². The molecular weight excluding hydrogens is 352 g/mol. The second-order valence-corrected chi connectivity index (χ2v) is 7.89. The number of guanidine groups is 1. The lowest BCUT2D eigenvalue weighted by Crippen LogP contribution is -2.40. The lowest BCUT2D eigenvalue weighted by molar-refractivity contribution is 0.0724. The highest BCUT2D eigenvalue weighted by Crippen LogP contribution is 2.28. The monoisotopic (exact) mass is 386 g/mol. The average molecular weight is 387 g/mol. The van der Waals surface area contributed by atoms with Gasteiger partial charge < -0.3 is 19.9 Å². The molecule has 0 aromatic heterocycles. The number of ether oxygens (including phenoxy) is 1. The van der Waals surface area contributed by atoms with Gasteiger partial charge in [0.25, 0.3) is 5.91 Å². The number of hydrogen-bond acceptors (Lipinski definition) is 3. The molecule has 1 aliphatic carbocycles. The summed E-state index contributed by atoms with van der Waals surface area (Å²) in [6.45, 7) is 4.88. The van der Waals surface area contributed by atoms with E-state index in [0.29, 0.717) is 6.54 Å². The summed E-state index contributed by atoms with van der Waals surface area (Å²) >= 11 is 0. The Balaban J connectivity index is 1.42. The number of hydrogen-bond donors (Lipinski definition) is 1. The van der Waals surface area contributed by atoms with E-state index in [2.05, 4.69) is 15.2 Å². The fraction of sp³-hybridized carbons (Fsp3) is 0.636. The van der Waals surface area contributed by atoms with Crippen LogP contribution >= 0.6 is 0 Å². The SMILES string of the molecule is CN=C(NCc1ccc(C(=O)N2CCCCC2)cc1)N(C)CCOCC1CC1. The number of nitrogens with zero attached hydrogens (tertiary/aromatic N) is 3. The lowest BCUT2D eigenvalue weighted by Gasteiger charge is -2.26. The number of nitrogens with one attached hydrogen (secondary N) is 1. The van der Waals surface area contributed by atoms with Crippen molar-refractivity contribution in [2.75, 3.05) is 46.9 Å². The van der Waals surface area contributed by atoms with Crippen molar-refractivity contribution >= 4 is 11.9 Å². The molecule has 0 spiro atoms. The summed E-state index contributed by atoms with van der Waals surface area (Å²) in [6, 6.07) is 7.92. The topological polar surface area (TPSA) is 57.2 Å². The van der Waals surface area contributed by atoms with Crippen LogP contribution in [0.2, 0.25) is 0 Å². The molecule has 3 rings (SSSR count). The largest absolute Gasteiger partial charge is 0.379 e. The molecule has 1 aromatic carbocycles. The molecule has 1 saturated heterocycles. The minimum absolute atomic E-state index is 0.154. The molecule has 1 saturated carbocycles. The van der Waals surface area contributed by atoms with Crippen molar-refractivity contribution in [1.29, 1.82) is 0 Å². The summed E-state index contributed by atoms with van der Waals surface area (Å²) < 4.78 is 5.71. The first-order valence-corrected chi connectivity index (χ1v) is 10.5. The Labute approximate surface area is 168 Å². The number of amides is 1. The molecule has 154 valence electrons. The van der Waals surface area contributed by atoms with Gasteiger partial charge in [-0.1, -0.05) is 12.1 Å². The highest BCUT2D eigenvalue weighted by Gasteiger charge is 2.21. The number of rotatable bonds is 8. The lowest BCUT2D eigenvalue weighted by atomic mass is 10.1. The molecule has 28 heavy (non-hydrogen) atoms. The zero-order chi connectivity index (χ0) is 19.8. The Morgan fingerprint density at radius 2 is 1.93 bits per heavy atom. The maximum Gasteiger partial charge on any atom is 0.253 e. The van der Waals surface area contributed by atoms with Gasteiger partial charge in [0, 0.05) is 52.4 Å². The highest BCUT2D eigenvalue weighted by atomic mass is 16.5. The Morgan fingerprint density at radius 3 is 2.57 bits per heavy atom. The second kappa shape index (κ2) is 10.5. The van der Waals surface area contributed by atoms with Crippen molar-refractivity contribution in [2.24, 2.45) is 10.9 Å². The fourth-order valence-electron chi connectivity index (χ4n) is 3.45. The molecule has 2 aliphatic rings. The van der Waals surface area contributed by atoms with Crippen molar-refractivity contribution in [2.45, 2.75) is 38.6 Å². The number of aliphatic imine (C=N–C) groups is 1. The summed E-state index contributed by atoms with van der Waals surface area (Å²) in [5.41, 5.74) is 1.91. The number of piperidine rings is 1. The van der Waals surface area contributed by atoms with E-state index in [1.165, 1.54) is 19.3 Å². The van der Waals surface area contributed by atoms with E-state index in [1.807, 2.05) is 36.2 Å². The van der Waals surface area contributed by atoms with E-state index in [9.17, 15) is 4.79 Å². The maximum absolute atomic E-state index is 12.6. The number of benzene rings is 1. The van der Waals surface area contributed by atoms with Crippen LogP contribution in [0.25, 0.3) is 0 Å². The second-order valence-electron chi connectivity index (χ2n) is 7.89. The van der Waals surface area contributed by atoms with E-state index in [4.69, 9.17) is 4.74 Å². The normalized spacial score (nSPS) is 17.5. The van der Waals surface area contributed by atoms with E-state index in [0.717, 1.165) is 68.7 Å². The van der Waals surface area contributed by atoms with Gasteiger partial charge in [-0.15, -0.1) is 0 Å². The standard InChI is InChI=1S/C22H34N4O2/c1-23-22(25(2)14-15-28-17-19-6-7-19)24-16-18-8-10-20(11-9-18)21(27)26-12-4-3-5-13-26/h8-11,19H,3-7,12-17H2,1-2H3,(H,23,24). The molecule has 6 heteroatoms. The van der Waals surface area contributed by atoms with Crippen molar-refractivity contribution in [1.82, 2.24) is 15.1 Å². The molecule has 0 atom stereocenters. The van der Waals surface area contributed by atoms with Gasteiger partial charge in [0.05, 0.1) is 6.61 Å². The summed E-state index contributed by atoms with van der Waals surface area (Å²) in [5, 5.41) is 3.38. The first kappa shape index (κ1) is 20.6. The molecule has 1 heterocycles. The fourth-order valence-corrected chi connectivity index (χ4v) is 3.45. The van der Waals surface area contributed by atoms with Crippen molar-refractivity contribution in [3.8, 4) is 0 Å². The quantitative estimate of drug-likeness (QED) is 0.424. The van der Waals surface area contributed by atoms with Crippen LogP contribution in [0.15, 0.2) is 29.3 Å². The van der Waals surface area contributed by atoms with Crippen LogP contribution in [0.1, 0.15) is 48.0 Å². The van der Waals surface area contributed by atoms with Crippen LogP contribution in [0.3, 0.4) is 0 Å². The van der Waals surface area contributed by atoms with Crippen molar-refractivity contribution < 1.29 is 9.53 Å². The first-order valence-electron chi connectivity index (χ1n) is 10.5. The molecule has 1 aromatic rings. The molecule has 6 nitrogen and oxygen atoms in total. The van der Waals surface area contributed by atoms with Crippen LogP contribution in [0.4, 0.5) is 0 Å². The summed E-state index contributed by atoms with van der Waals surface area (Å²) in [6.07, 6.45) is 6.11. The van der Waals surface area contributed by atoms with Crippen molar-refractivity contribution in [3.05, 3.63) is 35.4 Å². The molecule has 1 amide bonds. The molecule has 1 N–H and O–H groups in total. The maximum atomic E-state index is 12.6. The van der Waals surface area contributed by atoms with E-state index in [1.54, 1.807) is 7.05 Å². The van der Waals surface area contributed by atoms with Gasteiger partial charge in [0.2, 0.25) is 0 Å². The summed E-state index contributed by atoms with van der Waals surface area (Å²) in [4.78, 5) is 21.0. The van der Waals surface area contributed by atoms with Gasteiger partial charge in [-0.3, -0.25) is 9.79 Å². The van der Waals surface area contributed by atoms with Gasteiger partial charge >= 0.3 is 0 Å². The van der Waals surface area contributed by atoms with E-state index in [-0.39, 0.29) is 5.91 Å². The third-order valence-electron chi connectivity index (χ3n) is 5.49. The van der Waals surface area contributed by atoms with Crippen LogP contribution in [0.5, 0.6) is 0 Å². The smallest absolute Gasteiger partial charge is 0.253 e. The zero-order valence-electron chi connectivity index (χ0n) is 17.3. The van der Waals surface area contributed by atoms with Gasteiger partial charge in [-0.25, -0.2) is 0 Å². The molecule has 0 unspecified atom stereocenters. The number of carbonyl (C=O) groups is 1. The zero-order valence-corrected chi connectivity index (χ0v) is 17.3. The van der Waals surface area contributed by atoms with Gasteiger partial charge in [-0.2, -0.15) is 0 Å². The molecule has 0 radical (unpaired) electrons. The Kier molecular flexibility index (Phi) is 7.71. The Morgan fingerprint density at radius 1 is 1.21 bits per heavy atom. The number of likely N-dealkylation sites (N-methyl/N-ethyl adjacent to an activating group) is 1. The van der Waals surface area contributed by atoms with Crippen LogP contribution in [-0.2, 0) is 11.3 Å². The van der Waals surface area contributed by atoms with E-state index < -0.39 is 0 Å².